The topological polar surface area (TPSA) is 41.6 Å². The maximum absolute atomic E-state index is 12.3. The average molecular weight is 325 g/mol. The molecule has 1 saturated carbocycles. The van der Waals surface area contributed by atoms with Gasteiger partial charge in [-0.3, -0.25) is 0 Å². The first-order valence-corrected chi connectivity index (χ1v) is 9.38. The number of hydrogen-bond acceptors (Lipinski definition) is 3. The van der Waals surface area contributed by atoms with Gasteiger partial charge in [0.15, 0.2) is 0 Å². The van der Waals surface area contributed by atoms with Gasteiger partial charge in [-0.05, 0) is 58.3 Å². The van der Waals surface area contributed by atoms with Crippen LogP contribution in [-0.2, 0) is 4.74 Å². The van der Waals surface area contributed by atoms with Crippen molar-refractivity contribution in [3.63, 3.8) is 0 Å². The molecule has 2 rings (SSSR count). The van der Waals surface area contributed by atoms with E-state index in [-0.39, 0.29) is 11.5 Å². The van der Waals surface area contributed by atoms with E-state index in [2.05, 4.69) is 19.2 Å². The van der Waals surface area contributed by atoms with Gasteiger partial charge in [-0.2, -0.15) is 0 Å². The highest BCUT2D eigenvalue weighted by Gasteiger charge is 2.35. The van der Waals surface area contributed by atoms with Gasteiger partial charge in [0.25, 0.3) is 0 Å². The van der Waals surface area contributed by atoms with E-state index in [0.29, 0.717) is 6.04 Å². The molecule has 1 aliphatic heterocycles. The summed E-state index contributed by atoms with van der Waals surface area (Å²) in [5, 5.41) is 3.72. The summed E-state index contributed by atoms with van der Waals surface area (Å²) in [6, 6.07) is 0.578. The molecule has 1 aliphatic carbocycles. The Hall–Kier alpha value is -0.770. The summed E-state index contributed by atoms with van der Waals surface area (Å²) >= 11 is 0. The Bertz CT molecular complexity index is 401. The zero-order valence-electron chi connectivity index (χ0n) is 15.8. The molecule has 0 bridgehead atoms. The van der Waals surface area contributed by atoms with Crippen LogP contribution < -0.4 is 5.32 Å². The SMILES string of the molecule is CC(CC1CCC1)NCC1(C)CCCN(C(=O)OC(C)(C)C)C1. The number of nitrogens with zero attached hydrogens (tertiary/aromatic N) is 1. The van der Waals surface area contributed by atoms with Crippen LogP contribution in [0.4, 0.5) is 4.79 Å². The predicted octanol–water partition coefficient (Wildman–Crippen LogP) is 4.19. The largest absolute Gasteiger partial charge is 0.444 e. The highest BCUT2D eigenvalue weighted by Crippen LogP contribution is 2.32. The first-order chi connectivity index (χ1) is 10.7. The van der Waals surface area contributed by atoms with Crippen molar-refractivity contribution < 1.29 is 9.53 Å². The standard InChI is InChI=1S/C19H36N2O2/c1-15(12-16-8-6-9-16)20-13-19(5)10-7-11-21(14-19)17(22)23-18(2,3)4/h15-16,20H,6-14H2,1-5H3. The monoisotopic (exact) mass is 324 g/mol. The minimum Gasteiger partial charge on any atom is -0.444 e. The molecule has 134 valence electrons. The molecular weight excluding hydrogens is 288 g/mol. The molecule has 1 saturated heterocycles. The highest BCUT2D eigenvalue weighted by molar-refractivity contribution is 5.68. The second-order valence-electron chi connectivity index (χ2n) is 9.13. The Morgan fingerprint density at radius 2 is 2.04 bits per heavy atom. The second-order valence-corrected chi connectivity index (χ2v) is 9.13. The number of carbonyl (C=O) groups is 1. The number of rotatable bonds is 5. The van der Waals surface area contributed by atoms with E-state index in [1.165, 1.54) is 32.1 Å². The van der Waals surface area contributed by atoms with E-state index >= 15 is 0 Å². The fraction of sp³-hybridized carbons (Fsp3) is 0.947. The Balaban J connectivity index is 1.79. The van der Waals surface area contributed by atoms with E-state index in [4.69, 9.17) is 4.74 Å². The molecule has 4 nitrogen and oxygen atoms in total. The maximum atomic E-state index is 12.3. The normalized spacial score (nSPS) is 27.4. The van der Waals surface area contributed by atoms with Gasteiger partial charge < -0.3 is 15.0 Å². The molecule has 0 spiro atoms. The van der Waals surface area contributed by atoms with Gasteiger partial charge in [-0.15, -0.1) is 0 Å². The lowest BCUT2D eigenvalue weighted by molar-refractivity contribution is 0.00641. The van der Waals surface area contributed by atoms with E-state index < -0.39 is 5.60 Å². The first kappa shape index (κ1) is 18.6. The van der Waals surface area contributed by atoms with Gasteiger partial charge >= 0.3 is 6.09 Å². The van der Waals surface area contributed by atoms with Crippen molar-refractivity contribution in [2.45, 2.75) is 84.8 Å². The van der Waals surface area contributed by atoms with Crippen LogP contribution in [0.5, 0.6) is 0 Å². The first-order valence-electron chi connectivity index (χ1n) is 9.38. The highest BCUT2D eigenvalue weighted by atomic mass is 16.6. The summed E-state index contributed by atoms with van der Waals surface area (Å²) in [6.45, 7) is 13.0. The number of hydrogen-bond donors (Lipinski definition) is 1. The van der Waals surface area contributed by atoms with Crippen molar-refractivity contribution in [1.29, 1.82) is 0 Å². The zero-order chi connectivity index (χ0) is 17.1. The fourth-order valence-corrected chi connectivity index (χ4v) is 3.67. The molecule has 23 heavy (non-hydrogen) atoms. The van der Waals surface area contributed by atoms with Crippen molar-refractivity contribution in [3.05, 3.63) is 0 Å². The van der Waals surface area contributed by atoms with Gasteiger partial charge in [0.05, 0.1) is 0 Å². The molecule has 1 amide bonds. The lowest BCUT2D eigenvalue weighted by Gasteiger charge is -2.41. The van der Waals surface area contributed by atoms with E-state index in [9.17, 15) is 4.79 Å². The quantitative estimate of drug-likeness (QED) is 0.824. The van der Waals surface area contributed by atoms with E-state index in [0.717, 1.165) is 32.0 Å². The molecule has 1 heterocycles. The molecule has 2 fully saturated rings. The van der Waals surface area contributed by atoms with Crippen LogP contribution in [-0.4, -0.2) is 42.3 Å². The average Bonchev–Trinajstić information content (AvgIpc) is 2.39. The molecule has 2 aliphatic rings. The molecule has 1 N–H and O–H groups in total. The van der Waals surface area contributed by atoms with Gasteiger partial charge in [-0.25, -0.2) is 4.79 Å². The summed E-state index contributed by atoms with van der Waals surface area (Å²) in [6.07, 6.45) is 7.62. The summed E-state index contributed by atoms with van der Waals surface area (Å²) in [5.74, 6) is 0.940. The van der Waals surface area contributed by atoms with Crippen molar-refractivity contribution in [2.24, 2.45) is 11.3 Å². The van der Waals surface area contributed by atoms with Crippen molar-refractivity contribution in [1.82, 2.24) is 10.2 Å². The van der Waals surface area contributed by atoms with Crippen LogP contribution in [0.25, 0.3) is 0 Å². The number of amides is 1. The smallest absolute Gasteiger partial charge is 0.410 e. The summed E-state index contributed by atoms with van der Waals surface area (Å²) in [4.78, 5) is 14.2. The number of nitrogens with one attached hydrogen (secondary N) is 1. The van der Waals surface area contributed by atoms with Crippen molar-refractivity contribution >= 4 is 6.09 Å². The number of ether oxygens (including phenoxy) is 1. The van der Waals surface area contributed by atoms with Crippen LogP contribution >= 0.6 is 0 Å². The second kappa shape index (κ2) is 7.42. The molecular formula is C19H36N2O2. The molecule has 0 aromatic heterocycles. The fourth-order valence-electron chi connectivity index (χ4n) is 3.67. The van der Waals surface area contributed by atoms with Crippen LogP contribution in [0.15, 0.2) is 0 Å². The zero-order valence-corrected chi connectivity index (χ0v) is 15.8. The third-order valence-electron chi connectivity index (χ3n) is 5.22. The summed E-state index contributed by atoms with van der Waals surface area (Å²) in [5.41, 5.74) is -0.260. The Labute approximate surface area is 142 Å². The molecule has 0 radical (unpaired) electrons. The molecule has 2 atom stereocenters. The number of likely N-dealkylation sites (tertiary alicyclic amines) is 1. The van der Waals surface area contributed by atoms with Gasteiger partial charge in [-0.1, -0.05) is 26.2 Å². The van der Waals surface area contributed by atoms with Crippen LogP contribution in [0.3, 0.4) is 0 Å². The summed E-state index contributed by atoms with van der Waals surface area (Å²) in [7, 11) is 0. The predicted molar refractivity (Wildman–Crippen MR) is 94.6 cm³/mol. The van der Waals surface area contributed by atoms with Crippen molar-refractivity contribution in [3.8, 4) is 0 Å². The molecule has 0 aromatic carbocycles. The van der Waals surface area contributed by atoms with E-state index in [1.807, 2.05) is 25.7 Å². The van der Waals surface area contributed by atoms with Crippen LogP contribution in [0.2, 0.25) is 0 Å². The molecule has 0 aromatic rings. The Kier molecular flexibility index (Phi) is 5.99. The Morgan fingerprint density at radius 1 is 1.35 bits per heavy atom. The van der Waals surface area contributed by atoms with Crippen LogP contribution in [0, 0.1) is 11.3 Å². The Morgan fingerprint density at radius 3 is 2.61 bits per heavy atom. The minimum absolute atomic E-state index is 0.156. The van der Waals surface area contributed by atoms with E-state index in [1.54, 1.807) is 0 Å². The minimum atomic E-state index is -0.416. The lowest BCUT2D eigenvalue weighted by Crippen LogP contribution is -2.51. The number of carbonyl (C=O) groups excluding carboxylic acids is 1. The summed E-state index contributed by atoms with van der Waals surface area (Å²) < 4.78 is 5.54. The van der Waals surface area contributed by atoms with Gasteiger partial charge in [0, 0.05) is 25.7 Å². The third-order valence-corrected chi connectivity index (χ3v) is 5.22. The number of piperidine rings is 1. The maximum Gasteiger partial charge on any atom is 0.410 e. The third kappa shape index (κ3) is 5.98. The molecule has 2 unspecified atom stereocenters. The van der Waals surface area contributed by atoms with Crippen LogP contribution in [0.1, 0.15) is 73.1 Å². The van der Waals surface area contributed by atoms with Gasteiger partial charge in [0.1, 0.15) is 5.60 Å². The van der Waals surface area contributed by atoms with Crippen molar-refractivity contribution in [2.75, 3.05) is 19.6 Å². The van der Waals surface area contributed by atoms with Gasteiger partial charge in [0.2, 0.25) is 0 Å². The molecule has 4 heteroatoms. The lowest BCUT2D eigenvalue weighted by atomic mass is 9.80.